The average molecular weight is 181 g/mol. The molecule has 1 aromatic heterocycles. The molecule has 2 rings (SSSR count). The first kappa shape index (κ1) is 7.45. The Hall–Kier alpha value is -1.20. The lowest BCUT2D eigenvalue weighted by molar-refractivity contribution is 0.553. The van der Waals surface area contributed by atoms with E-state index >= 15 is 0 Å². The van der Waals surface area contributed by atoms with Crippen molar-refractivity contribution in [3.05, 3.63) is 24.2 Å². The molecular weight excluding hydrogens is 174 g/mol. The fourth-order valence-electron chi connectivity index (χ4n) is 0.949. The van der Waals surface area contributed by atoms with Crippen molar-refractivity contribution in [3.8, 4) is 0 Å². The molecule has 5 heteroatoms. The van der Waals surface area contributed by atoms with Gasteiger partial charge in [-0.25, -0.2) is 10.4 Å². The molecule has 1 aliphatic heterocycles. The standard InChI is InChI=1S/C7H7N3OS/c12-4-6-8-7(10-9-6)5-2-1-3-11-5/h1-4,6,9H,(H,8,10). The minimum Gasteiger partial charge on any atom is -0.461 e. The van der Waals surface area contributed by atoms with E-state index in [2.05, 4.69) is 15.8 Å². The predicted molar refractivity (Wildman–Crippen MR) is 49.0 cm³/mol. The third-order valence-corrected chi connectivity index (χ3v) is 1.75. The van der Waals surface area contributed by atoms with Gasteiger partial charge in [-0.3, -0.25) is 0 Å². The third kappa shape index (κ3) is 1.24. The molecule has 0 saturated heterocycles. The summed E-state index contributed by atoms with van der Waals surface area (Å²) in [7, 11) is 0. The summed E-state index contributed by atoms with van der Waals surface area (Å²) in [6.07, 6.45) is 1.46. The topological polar surface area (TPSA) is 49.6 Å². The van der Waals surface area contributed by atoms with Crippen LogP contribution in [-0.4, -0.2) is 17.4 Å². The fraction of sp³-hybridized carbons (Fsp3) is 0.143. The first-order chi connectivity index (χ1) is 5.90. The molecule has 2 N–H and O–H groups in total. The highest BCUT2D eigenvalue weighted by Crippen LogP contribution is 2.03. The average Bonchev–Trinajstić information content (AvgIpc) is 2.75. The number of hydrazine groups is 1. The van der Waals surface area contributed by atoms with Crippen molar-refractivity contribution in [2.45, 2.75) is 6.17 Å². The highest BCUT2D eigenvalue weighted by atomic mass is 32.1. The van der Waals surface area contributed by atoms with Crippen molar-refractivity contribution < 1.29 is 4.42 Å². The van der Waals surface area contributed by atoms with E-state index in [9.17, 15) is 0 Å². The maximum Gasteiger partial charge on any atom is 0.181 e. The Morgan fingerprint density at radius 1 is 1.67 bits per heavy atom. The number of furan rings is 1. The molecule has 1 unspecified atom stereocenters. The van der Waals surface area contributed by atoms with E-state index in [0.717, 1.165) is 0 Å². The number of thiocarbonyl (C=S) groups is 1. The Kier molecular flexibility index (Phi) is 1.89. The number of hydrogen-bond acceptors (Lipinski definition) is 5. The van der Waals surface area contributed by atoms with Crippen LogP contribution in [0.1, 0.15) is 5.76 Å². The fourth-order valence-corrected chi connectivity index (χ4v) is 1.08. The molecule has 1 aliphatic rings. The van der Waals surface area contributed by atoms with Crippen LogP contribution in [-0.2, 0) is 0 Å². The lowest BCUT2D eigenvalue weighted by atomic mass is 10.4. The molecule has 62 valence electrons. The Balaban J connectivity index is 2.22. The molecule has 0 spiro atoms. The molecule has 1 atom stereocenters. The number of amidine groups is 1. The van der Waals surface area contributed by atoms with Gasteiger partial charge in [0.15, 0.2) is 11.6 Å². The Bertz CT molecular complexity index is 306. The Morgan fingerprint density at radius 2 is 2.58 bits per heavy atom. The molecule has 0 amide bonds. The van der Waals surface area contributed by atoms with E-state index < -0.39 is 0 Å². The summed E-state index contributed by atoms with van der Waals surface area (Å²) in [6.45, 7) is 0. The van der Waals surface area contributed by atoms with Gasteiger partial charge in [-0.1, -0.05) is 12.2 Å². The molecular formula is C7H7N3OS. The van der Waals surface area contributed by atoms with Crippen LogP contribution >= 0.6 is 12.2 Å². The van der Waals surface area contributed by atoms with Gasteiger partial charge < -0.3 is 9.84 Å². The zero-order chi connectivity index (χ0) is 8.39. The van der Waals surface area contributed by atoms with Gasteiger partial charge in [0.2, 0.25) is 0 Å². The zero-order valence-corrected chi connectivity index (χ0v) is 6.97. The summed E-state index contributed by atoms with van der Waals surface area (Å²) in [5, 5.41) is 1.54. The van der Waals surface area contributed by atoms with Crippen LogP contribution in [0.5, 0.6) is 0 Å². The van der Waals surface area contributed by atoms with E-state index in [1.165, 1.54) is 0 Å². The molecule has 0 radical (unpaired) electrons. The van der Waals surface area contributed by atoms with E-state index in [0.29, 0.717) is 11.6 Å². The first-order valence-corrected chi connectivity index (χ1v) is 3.96. The van der Waals surface area contributed by atoms with Crippen LogP contribution in [0.25, 0.3) is 0 Å². The van der Waals surface area contributed by atoms with Crippen LogP contribution in [0.2, 0.25) is 0 Å². The second-order valence-electron chi connectivity index (χ2n) is 2.31. The molecule has 2 heterocycles. The molecule has 0 aromatic carbocycles. The highest BCUT2D eigenvalue weighted by molar-refractivity contribution is 7.79. The number of nitrogens with zero attached hydrogens (tertiary/aromatic N) is 1. The zero-order valence-electron chi connectivity index (χ0n) is 6.15. The number of nitrogens with one attached hydrogen (secondary N) is 2. The largest absolute Gasteiger partial charge is 0.461 e. The SMILES string of the molecule is S=CC1N=C(c2ccco2)NN1. The summed E-state index contributed by atoms with van der Waals surface area (Å²) < 4.78 is 5.13. The molecule has 1 aromatic rings. The van der Waals surface area contributed by atoms with Crippen molar-refractivity contribution >= 4 is 23.4 Å². The van der Waals surface area contributed by atoms with Crippen molar-refractivity contribution in [2.75, 3.05) is 0 Å². The summed E-state index contributed by atoms with van der Waals surface area (Å²) in [5.41, 5.74) is 5.74. The molecule has 0 saturated carbocycles. The summed E-state index contributed by atoms with van der Waals surface area (Å²) in [6, 6.07) is 3.64. The van der Waals surface area contributed by atoms with Gasteiger partial charge in [0, 0.05) is 5.37 Å². The van der Waals surface area contributed by atoms with Crippen molar-refractivity contribution in [1.29, 1.82) is 0 Å². The van der Waals surface area contributed by atoms with Gasteiger partial charge in [-0.2, -0.15) is 0 Å². The van der Waals surface area contributed by atoms with Gasteiger partial charge in [0.25, 0.3) is 0 Å². The van der Waals surface area contributed by atoms with Gasteiger partial charge in [-0.05, 0) is 12.1 Å². The lowest BCUT2D eigenvalue weighted by Crippen LogP contribution is -2.35. The monoisotopic (exact) mass is 181 g/mol. The normalized spacial score (nSPS) is 21.7. The highest BCUT2D eigenvalue weighted by Gasteiger charge is 2.16. The second kappa shape index (κ2) is 3.04. The summed E-state index contributed by atoms with van der Waals surface area (Å²) >= 11 is 4.73. The molecule has 12 heavy (non-hydrogen) atoms. The van der Waals surface area contributed by atoms with Crippen LogP contribution in [0.15, 0.2) is 27.8 Å². The maximum absolute atomic E-state index is 5.13. The second-order valence-corrected chi connectivity index (χ2v) is 2.58. The summed E-state index contributed by atoms with van der Waals surface area (Å²) in [4.78, 5) is 4.19. The first-order valence-electron chi connectivity index (χ1n) is 3.48. The van der Waals surface area contributed by atoms with E-state index in [1.54, 1.807) is 11.6 Å². The van der Waals surface area contributed by atoms with Gasteiger partial charge in [0.05, 0.1) is 6.26 Å². The Labute approximate surface area is 74.6 Å². The minimum atomic E-state index is -0.139. The predicted octanol–water partition coefficient (Wildman–Crippen LogP) is 0.460. The number of hydrogen-bond donors (Lipinski definition) is 2. The lowest BCUT2D eigenvalue weighted by Gasteiger charge is -1.97. The molecule has 0 aliphatic carbocycles. The minimum absolute atomic E-state index is 0.139. The van der Waals surface area contributed by atoms with Gasteiger partial charge in [0.1, 0.15) is 6.17 Å². The van der Waals surface area contributed by atoms with Crippen molar-refractivity contribution in [1.82, 2.24) is 10.9 Å². The van der Waals surface area contributed by atoms with Crippen LogP contribution in [0, 0.1) is 0 Å². The maximum atomic E-state index is 5.13. The van der Waals surface area contributed by atoms with Crippen LogP contribution < -0.4 is 10.9 Å². The molecule has 0 fully saturated rings. The summed E-state index contributed by atoms with van der Waals surface area (Å²) in [5.74, 6) is 1.40. The number of rotatable bonds is 2. The third-order valence-electron chi connectivity index (χ3n) is 1.49. The van der Waals surface area contributed by atoms with Crippen LogP contribution in [0.4, 0.5) is 0 Å². The van der Waals surface area contributed by atoms with Gasteiger partial charge in [-0.15, -0.1) is 0 Å². The van der Waals surface area contributed by atoms with E-state index in [-0.39, 0.29) is 6.17 Å². The smallest absolute Gasteiger partial charge is 0.181 e. The quantitative estimate of drug-likeness (QED) is 0.651. The van der Waals surface area contributed by atoms with E-state index in [1.807, 2.05) is 12.1 Å². The Morgan fingerprint density at radius 3 is 3.17 bits per heavy atom. The number of aliphatic imine (C=N–C) groups is 1. The van der Waals surface area contributed by atoms with Crippen molar-refractivity contribution in [3.63, 3.8) is 0 Å². The van der Waals surface area contributed by atoms with Crippen molar-refractivity contribution in [2.24, 2.45) is 4.99 Å². The molecule has 0 bridgehead atoms. The van der Waals surface area contributed by atoms with Crippen LogP contribution in [0.3, 0.4) is 0 Å². The van der Waals surface area contributed by atoms with Gasteiger partial charge >= 0.3 is 0 Å². The van der Waals surface area contributed by atoms with E-state index in [4.69, 9.17) is 16.6 Å². The molecule has 4 nitrogen and oxygen atoms in total.